The molecule has 2 atom stereocenters. The van der Waals surface area contributed by atoms with Crippen LogP contribution in [-0.2, 0) is 6.54 Å². The minimum atomic E-state index is 0.0923. The molecule has 1 fully saturated rings. The number of fused-ring (bicyclic) bond motifs is 1. The Bertz CT molecular complexity index is 987. The van der Waals surface area contributed by atoms with E-state index in [-0.39, 0.29) is 12.1 Å². The molecular weight excluding hydrogens is 378 g/mol. The lowest BCUT2D eigenvalue weighted by molar-refractivity contribution is 0.402. The Hall–Kier alpha value is -2.65. The van der Waals surface area contributed by atoms with Gasteiger partial charge in [0, 0.05) is 24.3 Å². The van der Waals surface area contributed by atoms with Gasteiger partial charge in [-0.1, -0.05) is 29.7 Å². The zero-order chi connectivity index (χ0) is 19.7. The van der Waals surface area contributed by atoms with Crippen LogP contribution in [0.3, 0.4) is 0 Å². The van der Waals surface area contributed by atoms with Gasteiger partial charge in [-0.15, -0.1) is 5.10 Å². The molecular formula is C18H24ClN9. The zero-order valence-corrected chi connectivity index (χ0v) is 16.4. The fourth-order valence-electron chi connectivity index (χ4n) is 3.48. The minimum Gasteiger partial charge on any atom is -0.397 e. The average Bonchev–Trinajstić information content (AvgIpc) is 3.10. The third-order valence-electron chi connectivity index (χ3n) is 5.05. The number of benzene rings is 1. The Kier molecular flexibility index (Phi) is 5.19. The quantitative estimate of drug-likeness (QED) is 0.479. The van der Waals surface area contributed by atoms with Crippen LogP contribution in [0.15, 0.2) is 18.2 Å². The summed E-state index contributed by atoms with van der Waals surface area (Å²) >= 11 is 6.02. The maximum Gasteiger partial charge on any atom is 0.227 e. The summed E-state index contributed by atoms with van der Waals surface area (Å²) in [6, 6.07) is 5.57. The molecule has 6 N–H and O–H groups in total. The average molecular weight is 402 g/mol. The highest BCUT2D eigenvalue weighted by atomic mass is 35.5. The van der Waals surface area contributed by atoms with Crippen LogP contribution >= 0.6 is 11.6 Å². The van der Waals surface area contributed by atoms with Gasteiger partial charge in [0.1, 0.15) is 0 Å². The molecule has 28 heavy (non-hydrogen) atoms. The number of aromatic nitrogens is 5. The van der Waals surface area contributed by atoms with Gasteiger partial charge >= 0.3 is 0 Å². The van der Waals surface area contributed by atoms with E-state index in [0.717, 1.165) is 31.4 Å². The Morgan fingerprint density at radius 1 is 1.25 bits per heavy atom. The highest BCUT2D eigenvalue weighted by Crippen LogP contribution is 2.28. The largest absolute Gasteiger partial charge is 0.397 e. The summed E-state index contributed by atoms with van der Waals surface area (Å²) in [6.07, 6.45) is 4.32. The van der Waals surface area contributed by atoms with Crippen molar-refractivity contribution in [2.45, 2.75) is 51.2 Å². The van der Waals surface area contributed by atoms with Crippen LogP contribution in [0.25, 0.3) is 11.2 Å². The van der Waals surface area contributed by atoms with Crippen LogP contribution in [-0.4, -0.2) is 37.0 Å². The van der Waals surface area contributed by atoms with Crippen molar-refractivity contribution in [2.75, 3.05) is 16.4 Å². The molecule has 1 aliphatic rings. The summed E-state index contributed by atoms with van der Waals surface area (Å²) in [5, 5.41) is 15.6. The van der Waals surface area contributed by atoms with Crippen LogP contribution in [0, 0.1) is 0 Å². The molecule has 0 bridgehead atoms. The molecule has 0 spiro atoms. The number of rotatable bonds is 5. The highest BCUT2D eigenvalue weighted by Gasteiger charge is 2.23. The molecule has 3 aromatic rings. The van der Waals surface area contributed by atoms with E-state index >= 15 is 0 Å². The van der Waals surface area contributed by atoms with E-state index in [4.69, 9.17) is 23.1 Å². The van der Waals surface area contributed by atoms with E-state index in [1.54, 1.807) is 16.8 Å². The molecule has 1 aromatic carbocycles. The van der Waals surface area contributed by atoms with E-state index in [1.165, 1.54) is 0 Å². The Morgan fingerprint density at radius 3 is 2.82 bits per heavy atom. The first-order valence-corrected chi connectivity index (χ1v) is 9.88. The number of anilines is 4. The van der Waals surface area contributed by atoms with Crippen molar-refractivity contribution in [3.8, 4) is 0 Å². The first-order valence-electron chi connectivity index (χ1n) is 9.50. The second-order valence-corrected chi connectivity index (χ2v) is 7.44. The van der Waals surface area contributed by atoms with Gasteiger partial charge < -0.3 is 22.1 Å². The molecule has 2 heterocycles. The fraction of sp³-hybridized carbons (Fsp3) is 0.444. The summed E-state index contributed by atoms with van der Waals surface area (Å²) in [4.78, 5) is 9.29. The molecule has 9 nitrogen and oxygen atoms in total. The van der Waals surface area contributed by atoms with Crippen molar-refractivity contribution >= 4 is 45.9 Å². The lowest BCUT2D eigenvalue weighted by Gasteiger charge is -2.29. The van der Waals surface area contributed by atoms with Crippen molar-refractivity contribution in [2.24, 2.45) is 5.73 Å². The second kappa shape index (κ2) is 7.76. The van der Waals surface area contributed by atoms with Crippen LogP contribution in [0.4, 0.5) is 23.1 Å². The van der Waals surface area contributed by atoms with Gasteiger partial charge in [-0.05, 0) is 38.0 Å². The normalized spacial score (nSPS) is 19.7. The first kappa shape index (κ1) is 18.7. The van der Waals surface area contributed by atoms with E-state index in [0.29, 0.717) is 40.2 Å². The predicted molar refractivity (Wildman–Crippen MR) is 112 cm³/mol. The molecule has 0 radical (unpaired) electrons. The summed E-state index contributed by atoms with van der Waals surface area (Å²) < 4.78 is 1.74. The van der Waals surface area contributed by atoms with E-state index < -0.39 is 0 Å². The van der Waals surface area contributed by atoms with Crippen molar-refractivity contribution in [1.29, 1.82) is 0 Å². The van der Waals surface area contributed by atoms with E-state index in [9.17, 15) is 0 Å². The van der Waals surface area contributed by atoms with Crippen molar-refractivity contribution < 1.29 is 0 Å². The fourth-order valence-corrected chi connectivity index (χ4v) is 3.60. The zero-order valence-electron chi connectivity index (χ0n) is 15.7. The number of nitrogens with zero attached hydrogens (tertiary/aromatic N) is 5. The van der Waals surface area contributed by atoms with Crippen molar-refractivity contribution in [3.05, 3.63) is 23.2 Å². The molecule has 2 aromatic heterocycles. The third-order valence-corrected chi connectivity index (χ3v) is 5.40. The van der Waals surface area contributed by atoms with Gasteiger partial charge in [-0.25, -0.2) is 4.68 Å². The van der Waals surface area contributed by atoms with Gasteiger partial charge in [0.05, 0.1) is 10.7 Å². The van der Waals surface area contributed by atoms with Crippen LogP contribution in [0.5, 0.6) is 0 Å². The summed E-state index contributed by atoms with van der Waals surface area (Å²) in [7, 11) is 0. The molecule has 1 saturated carbocycles. The number of hydrogen-bond acceptors (Lipinski definition) is 8. The molecule has 10 heteroatoms. The first-order chi connectivity index (χ1) is 13.5. The smallest absolute Gasteiger partial charge is 0.227 e. The number of aryl methyl sites for hydroxylation is 1. The summed E-state index contributed by atoms with van der Waals surface area (Å²) in [5.74, 6) is 1.06. The lowest BCUT2D eigenvalue weighted by atomic mass is 9.91. The number of hydrogen-bond donors (Lipinski definition) is 4. The predicted octanol–water partition coefficient (Wildman–Crippen LogP) is 2.90. The maximum absolute atomic E-state index is 6.28. The van der Waals surface area contributed by atoms with Crippen molar-refractivity contribution in [1.82, 2.24) is 25.0 Å². The van der Waals surface area contributed by atoms with Gasteiger partial charge in [0.15, 0.2) is 17.0 Å². The number of halogens is 1. The Labute approximate surface area is 167 Å². The third kappa shape index (κ3) is 3.67. The van der Waals surface area contributed by atoms with E-state index in [2.05, 4.69) is 30.9 Å². The van der Waals surface area contributed by atoms with Crippen LogP contribution in [0.2, 0.25) is 5.02 Å². The second-order valence-electron chi connectivity index (χ2n) is 7.03. The number of nitrogens with two attached hydrogens (primary N) is 2. The van der Waals surface area contributed by atoms with Crippen LogP contribution < -0.4 is 22.1 Å². The monoisotopic (exact) mass is 401 g/mol. The molecule has 0 amide bonds. The Balaban J connectivity index is 1.71. The minimum absolute atomic E-state index is 0.0923. The molecule has 0 saturated heterocycles. The topological polar surface area (TPSA) is 133 Å². The van der Waals surface area contributed by atoms with Gasteiger partial charge in [0.2, 0.25) is 5.95 Å². The molecule has 2 unspecified atom stereocenters. The molecule has 4 rings (SSSR count). The molecule has 1 aliphatic carbocycles. The summed E-state index contributed by atoms with van der Waals surface area (Å²) in [6.45, 7) is 2.65. The SMILES string of the molecule is CCn1nnc2c(Nc3ccc(Cl)c(N)c3)nc(NC3CCCCC3N)nc21. The number of nitrogen functional groups attached to an aromatic ring is 1. The molecule has 148 valence electrons. The number of nitrogens with one attached hydrogen (secondary N) is 2. The molecule has 0 aliphatic heterocycles. The van der Waals surface area contributed by atoms with Crippen molar-refractivity contribution in [3.63, 3.8) is 0 Å². The summed E-state index contributed by atoms with van der Waals surface area (Å²) in [5.41, 5.74) is 14.7. The Morgan fingerprint density at radius 2 is 2.07 bits per heavy atom. The highest BCUT2D eigenvalue weighted by molar-refractivity contribution is 6.33. The van der Waals surface area contributed by atoms with Gasteiger partial charge in [-0.3, -0.25) is 0 Å². The standard InChI is InChI=1S/C18H24ClN9/c1-2-28-17-15(26-27-28)16(22-10-7-8-11(19)13(21)9-10)24-18(25-17)23-14-6-4-3-5-12(14)20/h7-9,12,14H,2-6,20-21H2,1H3,(H2,22,23,24,25). The maximum atomic E-state index is 6.28. The lowest BCUT2D eigenvalue weighted by Crippen LogP contribution is -2.43. The van der Waals surface area contributed by atoms with E-state index in [1.807, 2.05) is 13.0 Å². The van der Waals surface area contributed by atoms with Gasteiger partial charge in [0.25, 0.3) is 0 Å². The van der Waals surface area contributed by atoms with Gasteiger partial charge in [-0.2, -0.15) is 9.97 Å². The van der Waals surface area contributed by atoms with Crippen LogP contribution in [0.1, 0.15) is 32.6 Å².